The molecule has 0 bridgehead atoms. The summed E-state index contributed by atoms with van der Waals surface area (Å²) in [6.07, 6.45) is 24.8. The molecule has 2 N–H and O–H groups in total. The van der Waals surface area contributed by atoms with Gasteiger partial charge in [0.05, 0.1) is 40.3 Å². The van der Waals surface area contributed by atoms with Gasteiger partial charge in [0, 0.05) is 84.5 Å². The molecule has 11 rings (SSSR count). The van der Waals surface area contributed by atoms with Crippen LogP contribution >= 0.6 is 11.3 Å². The smallest absolute Gasteiger partial charge is 0.233 e. The average Bonchev–Trinajstić information content (AvgIpc) is 4.33. The van der Waals surface area contributed by atoms with Crippen molar-refractivity contribution in [2.45, 2.75) is 179 Å². The first-order valence-corrected chi connectivity index (χ1v) is 29.0. The lowest BCUT2D eigenvalue weighted by atomic mass is 10.1. The molecule has 0 radical (unpaired) electrons. The van der Waals surface area contributed by atoms with Crippen molar-refractivity contribution >= 4 is 22.8 Å². The molecule has 11 heterocycles. The van der Waals surface area contributed by atoms with Crippen LogP contribution in [0.2, 0.25) is 0 Å². The largest absolute Gasteiger partial charge is 0.451 e. The predicted molar refractivity (Wildman–Crippen MR) is 332 cm³/mol. The Morgan fingerprint density at radius 3 is 1.51 bits per heavy atom. The number of nitrogens with one attached hydrogen (secondary N) is 2. The number of H-pyrrole nitrogens is 2. The Hall–Kier alpha value is -7.93. The van der Waals surface area contributed by atoms with Gasteiger partial charge in [-0.05, 0) is 83.7 Å². The molecule has 19 heteroatoms. The fourth-order valence-corrected chi connectivity index (χ4v) is 6.53. The van der Waals surface area contributed by atoms with Crippen LogP contribution in [-0.2, 0) is 0 Å². The summed E-state index contributed by atoms with van der Waals surface area (Å²) in [6, 6.07) is 17.5. The first kappa shape index (κ1) is 70.2. The zero-order valence-corrected chi connectivity index (χ0v) is 52.9. The summed E-state index contributed by atoms with van der Waals surface area (Å²) in [7, 11) is 0. The summed E-state index contributed by atoms with van der Waals surface area (Å²) < 4.78 is 18.1. The van der Waals surface area contributed by atoms with Gasteiger partial charge in [-0.1, -0.05) is 154 Å². The van der Waals surface area contributed by atoms with E-state index >= 15 is 0 Å². The number of thiazole rings is 1. The van der Waals surface area contributed by atoms with Crippen molar-refractivity contribution < 1.29 is 13.5 Å². The van der Waals surface area contributed by atoms with Crippen molar-refractivity contribution in [1.82, 2.24) is 74.2 Å². The van der Waals surface area contributed by atoms with E-state index in [1.165, 1.54) is 29.8 Å². The highest BCUT2D eigenvalue weighted by Gasteiger charge is 2.06. The van der Waals surface area contributed by atoms with Gasteiger partial charge in [0.1, 0.15) is 18.2 Å². The van der Waals surface area contributed by atoms with Crippen LogP contribution in [0.15, 0.2) is 166 Å². The molecule has 0 aliphatic carbocycles. The van der Waals surface area contributed by atoms with Crippen molar-refractivity contribution in [2.24, 2.45) is 5.92 Å². The van der Waals surface area contributed by atoms with E-state index in [9.17, 15) is 0 Å². The number of hydrogen-bond acceptors (Lipinski definition) is 15. The minimum Gasteiger partial charge on any atom is -0.451 e. The summed E-state index contributed by atoms with van der Waals surface area (Å²) in [6.45, 7) is 40.2. The summed E-state index contributed by atoms with van der Waals surface area (Å²) in [5, 5.41) is 16.0. The number of hydrogen-bond donors (Lipinski definition) is 2. The summed E-state index contributed by atoms with van der Waals surface area (Å²) >= 11 is 1.66. The normalized spacial score (nSPS) is 10.4. The van der Waals surface area contributed by atoms with Crippen LogP contribution in [0.5, 0.6) is 0 Å². The third-order valence-electron chi connectivity index (χ3n) is 10.7. The second-order valence-corrected chi connectivity index (χ2v) is 22.4. The zero-order valence-electron chi connectivity index (χ0n) is 52.1. The minimum atomic E-state index is 0.345. The average molecular weight is 1140 g/mol. The molecule has 0 aliphatic rings. The van der Waals surface area contributed by atoms with Crippen LogP contribution in [0.3, 0.4) is 0 Å². The summed E-state index contributed by atoms with van der Waals surface area (Å²) in [5.74, 6) is 6.30. The monoisotopic (exact) mass is 1140 g/mol. The first-order chi connectivity index (χ1) is 39.1. The molecule has 0 aromatic carbocycles. The lowest BCUT2D eigenvalue weighted by molar-refractivity contribution is 0.364. The Bertz CT molecular complexity index is 2620. The SMILES string of the molecule is CC(C)C.CC(C)c1ccn[nH]1.CC(C)c1ccon1.CC(C)c1cn2ccccc2n1.CC(C)c1cn2cccnc2n1.CC(C)c1cnc[nH]1.CC(C)c1cocn1.CC(C)c1cscn1.CC(C)c1ncno1.c1ccncc1. The van der Waals surface area contributed by atoms with E-state index in [0.29, 0.717) is 53.2 Å². The Morgan fingerprint density at radius 1 is 0.524 bits per heavy atom. The van der Waals surface area contributed by atoms with Crippen molar-refractivity contribution in [2.75, 3.05) is 0 Å². The number of oxazole rings is 1. The third kappa shape index (κ3) is 30.0. The van der Waals surface area contributed by atoms with Crippen LogP contribution in [-0.4, -0.2) is 74.2 Å². The Morgan fingerprint density at radius 2 is 1.16 bits per heavy atom. The van der Waals surface area contributed by atoms with E-state index in [2.05, 4.69) is 204 Å². The molecule has 11 aromatic rings. The van der Waals surface area contributed by atoms with Gasteiger partial charge in [0.15, 0.2) is 12.7 Å². The quantitative estimate of drug-likeness (QED) is 0.144. The summed E-state index contributed by atoms with van der Waals surface area (Å²) in [4.78, 5) is 35.6. The fraction of sp³-hybridized carbons (Fsp3) is 0.444. The van der Waals surface area contributed by atoms with Gasteiger partial charge in [-0.2, -0.15) is 10.1 Å². The molecular weight excluding hydrogens is 1050 g/mol. The zero-order chi connectivity index (χ0) is 60.8. The molecule has 82 heavy (non-hydrogen) atoms. The van der Waals surface area contributed by atoms with Gasteiger partial charge < -0.3 is 22.8 Å². The molecule has 0 saturated carbocycles. The molecule has 0 spiro atoms. The Labute approximate surface area is 491 Å². The maximum Gasteiger partial charge on any atom is 0.233 e. The molecule has 0 saturated heterocycles. The van der Waals surface area contributed by atoms with Crippen molar-refractivity contribution in [3.8, 4) is 0 Å². The van der Waals surface area contributed by atoms with E-state index in [4.69, 9.17) is 8.94 Å². The standard InChI is InChI=1S/C10H12N2.C9H11N3.2C6H10N2.2C6H9NO.C6H9NS.C5H8N2O.C5H5N.C4H10/c1-8(2)9-7-12-6-4-3-5-10(12)11-9;1-7(2)8-6-12-5-3-4-10-9(12)11-8;1-5(2)6-3-7-4-8-6;1-5(2)6-3-4-7-8-6;1-5(2)6-3-8-4-7-6;1-5(2)6-3-4-8-7-6;1-5(2)6-3-8-4-7-6;1-4(2)5-6-3-7-8-5;1-2-4-6-5-3-1;1-4(2)3/h3-8H,1-2H3;3-7H,1-2H3;2*3-5H,1-2H3,(H,7,8);3*3-5H,1-2H3;3-4H,1-2H3;1-5H;4H,1-3H3. The van der Waals surface area contributed by atoms with Crippen LogP contribution in [0.25, 0.3) is 11.4 Å². The number of aromatic amines is 2. The highest BCUT2D eigenvalue weighted by molar-refractivity contribution is 7.07. The van der Waals surface area contributed by atoms with Crippen molar-refractivity contribution in [1.29, 1.82) is 0 Å². The molecule has 0 unspecified atom stereocenters. The molecular formula is C63H93N15O3S. The molecule has 444 valence electrons. The van der Waals surface area contributed by atoms with Crippen LogP contribution in [0, 0.1) is 5.92 Å². The lowest BCUT2D eigenvalue weighted by Gasteiger charge is -1.95. The highest BCUT2D eigenvalue weighted by Crippen LogP contribution is 2.16. The van der Waals surface area contributed by atoms with Gasteiger partial charge in [0.25, 0.3) is 0 Å². The maximum atomic E-state index is 4.76. The van der Waals surface area contributed by atoms with Gasteiger partial charge in [0.2, 0.25) is 11.7 Å². The third-order valence-corrected chi connectivity index (χ3v) is 11.3. The highest BCUT2D eigenvalue weighted by atomic mass is 32.1. The Kier molecular flexibility index (Phi) is 34.5. The fourth-order valence-electron chi connectivity index (χ4n) is 5.81. The van der Waals surface area contributed by atoms with E-state index < -0.39 is 0 Å². The van der Waals surface area contributed by atoms with Gasteiger partial charge in [-0.25, -0.2) is 29.9 Å². The number of pyridine rings is 2. The second kappa shape index (κ2) is 40.3. The summed E-state index contributed by atoms with van der Waals surface area (Å²) in [5.41, 5.74) is 10.8. The number of nitrogens with zero attached hydrogens (tertiary/aromatic N) is 13. The van der Waals surface area contributed by atoms with Crippen LogP contribution in [0.1, 0.15) is 225 Å². The van der Waals surface area contributed by atoms with E-state index in [1.54, 1.807) is 55.0 Å². The molecule has 0 aliphatic heterocycles. The predicted octanol–water partition coefficient (Wildman–Crippen LogP) is 17.2. The Balaban J connectivity index is 0.000000315. The van der Waals surface area contributed by atoms with Crippen molar-refractivity contribution in [3.63, 3.8) is 0 Å². The number of imidazole rings is 3. The molecule has 18 nitrogen and oxygen atoms in total. The number of aromatic nitrogens is 15. The first-order valence-electron chi connectivity index (χ1n) is 28.1. The molecule has 0 atom stereocenters. The maximum absolute atomic E-state index is 4.76. The molecule has 11 aromatic heterocycles. The van der Waals surface area contributed by atoms with E-state index in [0.717, 1.165) is 40.1 Å². The number of rotatable bonds is 8. The number of fused-ring (bicyclic) bond motifs is 2. The molecule has 0 amide bonds. The lowest BCUT2D eigenvalue weighted by Crippen LogP contribution is -1.85. The van der Waals surface area contributed by atoms with E-state index in [1.807, 2.05) is 103 Å². The van der Waals surface area contributed by atoms with Gasteiger partial charge in [-0.15, -0.1) is 11.3 Å². The van der Waals surface area contributed by atoms with Crippen molar-refractivity contribution in [3.05, 3.63) is 199 Å². The molecule has 0 fully saturated rings. The van der Waals surface area contributed by atoms with Gasteiger partial charge >= 0.3 is 0 Å². The van der Waals surface area contributed by atoms with Gasteiger partial charge in [-0.3, -0.25) is 14.5 Å². The van der Waals surface area contributed by atoms with Crippen LogP contribution in [0.4, 0.5) is 0 Å². The van der Waals surface area contributed by atoms with E-state index in [-0.39, 0.29) is 0 Å². The second-order valence-electron chi connectivity index (χ2n) is 21.7. The van der Waals surface area contributed by atoms with Crippen LogP contribution < -0.4 is 0 Å². The minimum absolute atomic E-state index is 0.345. The topological polar surface area (TPSA) is 222 Å².